The number of ether oxygens (including phenoxy) is 1. The number of morpholine rings is 1. The van der Waals surface area contributed by atoms with Crippen LogP contribution in [0.25, 0.3) is 5.65 Å². The summed E-state index contributed by atoms with van der Waals surface area (Å²) in [7, 11) is 0. The fourth-order valence-corrected chi connectivity index (χ4v) is 6.95. The van der Waals surface area contributed by atoms with Gasteiger partial charge in [0, 0.05) is 68.4 Å². The number of carbonyl (C=O) groups excluding carboxylic acids is 1. The van der Waals surface area contributed by atoms with E-state index >= 15 is 0 Å². The van der Waals surface area contributed by atoms with Gasteiger partial charge in [0.05, 0.1) is 37.2 Å². The van der Waals surface area contributed by atoms with Crippen molar-refractivity contribution in [3.63, 3.8) is 0 Å². The second-order valence-corrected chi connectivity index (χ2v) is 13.2. The van der Waals surface area contributed by atoms with Crippen LogP contribution in [-0.2, 0) is 27.5 Å². The van der Waals surface area contributed by atoms with E-state index in [1.165, 1.54) is 16.5 Å². The van der Waals surface area contributed by atoms with Crippen molar-refractivity contribution in [1.29, 1.82) is 0 Å². The first-order valence-corrected chi connectivity index (χ1v) is 15.4. The van der Waals surface area contributed by atoms with E-state index in [-0.39, 0.29) is 49.2 Å². The molecule has 0 aliphatic carbocycles. The number of nitrogens with one attached hydrogen (secondary N) is 1. The van der Waals surface area contributed by atoms with Crippen LogP contribution in [0.15, 0.2) is 36.5 Å². The monoisotopic (exact) mass is 634 g/mol. The standard InChI is InChI=1S/C32H39F5N6O2/c1-20-14-41(25(13-38-20)15-40-8-9-45-18-24(40)12-33)17-28(44)43-19-31(2,3)29-26(43)11-22(10-21-4-6-23(34)7-5-21)30-39-27(16-42(29)30)32(35,36)37/h4-7,11,16,20,24-25,38H,8-10,12-15,17-19H2,1-3H3/t20-,24?,25-/m1/s1. The zero-order chi connectivity index (χ0) is 32.1. The summed E-state index contributed by atoms with van der Waals surface area (Å²) in [5.74, 6) is -0.570. The molecule has 3 aliphatic rings. The van der Waals surface area contributed by atoms with Gasteiger partial charge in [-0.05, 0) is 30.7 Å². The Morgan fingerprint density at radius 1 is 1.16 bits per heavy atom. The highest BCUT2D eigenvalue weighted by atomic mass is 19.4. The van der Waals surface area contributed by atoms with Crippen LogP contribution in [0, 0.1) is 5.82 Å². The van der Waals surface area contributed by atoms with Crippen molar-refractivity contribution in [2.24, 2.45) is 0 Å². The maximum Gasteiger partial charge on any atom is 0.434 e. The lowest BCUT2D eigenvalue weighted by Crippen LogP contribution is -2.62. The van der Waals surface area contributed by atoms with Gasteiger partial charge in [-0.1, -0.05) is 26.0 Å². The van der Waals surface area contributed by atoms with Crippen LogP contribution >= 0.6 is 0 Å². The molecule has 2 fully saturated rings. The zero-order valence-corrected chi connectivity index (χ0v) is 25.7. The largest absolute Gasteiger partial charge is 0.434 e. The number of alkyl halides is 4. The Morgan fingerprint density at radius 3 is 2.62 bits per heavy atom. The minimum Gasteiger partial charge on any atom is -0.378 e. The van der Waals surface area contributed by atoms with Gasteiger partial charge in [-0.2, -0.15) is 13.2 Å². The predicted octanol–water partition coefficient (Wildman–Crippen LogP) is 4.04. The smallest absolute Gasteiger partial charge is 0.378 e. The van der Waals surface area contributed by atoms with Crippen LogP contribution in [-0.4, -0.2) is 102 Å². The highest BCUT2D eigenvalue weighted by molar-refractivity contribution is 5.98. The molecule has 0 saturated carbocycles. The van der Waals surface area contributed by atoms with Crippen molar-refractivity contribution < 1.29 is 31.5 Å². The van der Waals surface area contributed by atoms with Gasteiger partial charge in [0.1, 0.15) is 18.1 Å². The van der Waals surface area contributed by atoms with Gasteiger partial charge in [0.15, 0.2) is 5.69 Å². The molecule has 5 heterocycles. The van der Waals surface area contributed by atoms with Crippen molar-refractivity contribution in [1.82, 2.24) is 24.5 Å². The molecule has 2 saturated heterocycles. The molecule has 3 aromatic rings. The molecule has 1 unspecified atom stereocenters. The van der Waals surface area contributed by atoms with Crippen molar-refractivity contribution in [2.45, 2.75) is 56.9 Å². The molecule has 0 radical (unpaired) electrons. The molecule has 6 rings (SSSR count). The van der Waals surface area contributed by atoms with Crippen molar-refractivity contribution in [2.75, 3.05) is 64.1 Å². The third kappa shape index (κ3) is 6.45. The van der Waals surface area contributed by atoms with Crippen LogP contribution in [0.4, 0.5) is 27.6 Å². The first-order chi connectivity index (χ1) is 21.3. The normalized spacial score (nSPS) is 24.4. The summed E-state index contributed by atoms with van der Waals surface area (Å²) in [6.45, 7) is 9.11. The Bertz CT molecular complexity index is 1540. The summed E-state index contributed by atoms with van der Waals surface area (Å²) < 4.78 is 76.0. The van der Waals surface area contributed by atoms with Crippen LogP contribution < -0.4 is 10.2 Å². The summed E-state index contributed by atoms with van der Waals surface area (Å²) in [4.78, 5) is 24.1. The van der Waals surface area contributed by atoms with Gasteiger partial charge in [-0.15, -0.1) is 0 Å². The first-order valence-electron chi connectivity index (χ1n) is 15.4. The van der Waals surface area contributed by atoms with Crippen molar-refractivity contribution in [3.8, 4) is 0 Å². The average molecular weight is 635 g/mol. The van der Waals surface area contributed by atoms with E-state index in [2.05, 4.69) is 27.0 Å². The van der Waals surface area contributed by atoms with Gasteiger partial charge in [-0.25, -0.2) is 13.8 Å². The van der Waals surface area contributed by atoms with Gasteiger partial charge in [-0.3, -0.25) is 14.6 Å². The molecular weight excluding hydrogens is 595 g/mol. The summed E-state index contributed by atoms with van der Waals surface area (Å²) >= 11 is 0. The number of piperazine rings is 1. The lowest BCUT2D eigenvalue weighted by Gasteiger charge is -2.44. The number of pyridine rings is 1. The van der Waals surface area contributed by atoms with Gasteiger partial charge in [0.2, 0.25) is 5.91 Å². The molecule has 13 heteroatoms. The lowest BCUT2D eigenvalue weighted by atomic mass is 9.90. The molecule has 3 atom stereocenters. The third-order valence-electron chi connectivity index (χ3n) is 9.21. The van der Waals surface area contributed by atoms with E-state index in [0.29, 0.717) is 61.9 Å². The number of aromatic nitrogens is 2. The third-order valence-corrected chi connectivity index (χ3v) is 9.21. The molecule has 244 valence electrons. The number of anilines is 1. The Hall–Kier alpha value is -3.13. The van der Waals surface area contributed by atoms with Gasteiger partial charge in [0.25, 0.3) is 0 Å². The minimum atomic E-state index is -4.65. The maximum atomic E-state index is 14.2. The molecule has 2 aromatic heterocycles. The molecule has 1 amide bonds. The van der Waals surface area contributed by atoms with E-state index in [1.807, 2.05) is 13.8 Å². The molecule has 1 N–H and O–H groups in total. The molecule has 0 bridgehead atoms. The van der Waals surface area contributed by atoms with Gasteiger partial charge < -0.3 is 19.4 Å². The number of nitrogens with zero attached hydrogens (tertiary/aromatic N) is 5. The van der Waals surface area contributed by atoms with E-state index in [1.54, 1.807) is 23.1 Å². The molecular formula is C32H39F5N6O2. The highest BCUT2D eigenvalue weighted by Gasteiger charge is 2.43. The molecule has 45 heavy (non-hydrogen) atoms. The predicted molar refractivity (Wildman–Crippen MR) is 160 cm³/mol. The topological polar surface area (TPSA) is 65.4 Å². The van der Waals surface area contributed by atoms with E-state index < -0.39 is 29.8 Å². The fraction of sp³-hybridized carbons (Fsp3) is 0.562. The number of hydrogen-bond donors (Lipinski definition) is 1. The second-order valence-electron chi connectivity index (χ2n) is 13.2. The number of imidazole rings is 1. The SMILES string of the molecule is C[C@@H]1CN(CC(=O)N2CC(C)(C)c3c2cc(Cc2ccc(F)cc2)c2nc(C(F)(F)F)cn32)[C@@H](CN2CCOCC2CF)CN1. The van der Waals surface area contributed by atoms with E-state index in [4.69, 9.17) is 4.74 Å². The Balaban J connectivity index is 1.34. The Kier molecular flexibility index (Phi) is 8.66. The minimum absolute atomic E-state index is 0.0353. The van der Waals surface area contributed by atoms with Crippen LogP contribution in [0.2, 0.25) is 0 Å². The first kappa shape index (κ1) is 31.8. The van der Waals surface area contributed by atoms with Crippen molar-refractivity contribution in [3.05, 3.63) is 64.9 Å². The number of amides is 1. The number of fused-ring (bicyclic) bond motifs is 3. The number of hydrogen-bond acceptors (Lipinski definition) is 6. The quantitative estimate of drug-likeness (QED) is 0.396. The molecule has 8 nitrogen and oxygen atoms in total. The van der Waals surface area contributed by atoms with Gasteiger partial charge >= 0.3 is 6.18 Å². The molecule has 3 aliphatic heterocycles. The average Bonchev–Trinajstić information content (AvgIpc) is 3.55. The molecule has 0 spiro atoms. The summed E-state index contributed by atoms with van der Waals surface area (Å²) in [5, 5.41) is 3.48. The van der Waals surface area contributed by atoms with Crippen LogP contribution in [0.1, 0.15) is 43.3 Å². The van der Waals surface area contributed by atoms with E-state index in [9.17, 15) is 26.7 Å². The Labute approximate surface area is 259 Å². The highest BCUT2D eigenvalue weighted by Crippen LogP contribution is 2.43. The fourth-order valence-electron chi connectivity index (χ4n) is 6.95. The van der Waals surface area contributed by atoms with E-state index in [0.717, 1.165) is 6.20 Å². The summed E-state index contributed by atoms with van der Waals surface area (Å²) in [6, 6.07) is 7.36. The van der Waals surface area contributed by atoms with Crippen molar-refractivity contribution >= 4 is 17.2 Å². The molecule has 1 aromatic carbocycles. The van der Waals surface area contributed by atoms with Crippen LogP contribution in [0.5, 0.6) is 0 Å². The maximum absolute atomic E-state index is 14.2. The number of rotatable bonds is 7. The number of halogens is 5. The summed E-state index contributed by atoms with van der Waals surface area (Å²) in [6.07, 6.45) is -3.43. The van der Waals surface area contributed by atoms with Crippen LogP contribution in [0.3, 0.4) is 0 Å². The lowest BCUT2D eigenvalue weighted by molar-refractivity contribution is -0.140. The number of carbonyl (C=O) groups is 1. The number of benzene rings is 1. The Morgan fingerprint density at radius 2 is 1.91 bits per heavy atom. The summed E-state index contributed by atoms with van der Waals surface area (Å²) in [5.41, 5.74) is 0.828. The zero-order valence-electron chi connectivity index (χ0n) is 25.7. The second kappa shape index (κ2) is 12.2.